The number of aromatic amines is 3. The number of benzene rings is 2. The molecule has 1 aliphatic rings. The summed E-state index contributed by atoms with van der Waals surface area (Å²) in [5.41, 5.74) is -2.86. The van der Waals surface area contributed by atoms with Gasteiger partial charge in [0.1, 0.15) is 0 Å². The standard InChI is InChI=1S/C36H15F10N5/c37-27-25(28(38)32(42)35(45)31(27)41)23-18-3-1-14(48-18)15-2-4-19(49-15)24(26-29(39)33(43)36(46)34(44)30(26)40)21-8-6-17(51-21)22(13-9-11-47-12-10-13)16-5-7-20(23)50-16/h1-12,48-50H. The van der Waals surface area contributed by atoms with Crippen molar-refractivity contribution in [2.24, 2.45) is 0 Å². The Bertz CT molecular complexity index is 2710. The zero-order chi connectivity index (χ0) is 35.9. The molecule has 5 aromatic heterocycles. The number of hydrogen-bond donors (Lipinski definition) is 3. The minimum atomic E-state index is -2.36. The van der Waals surface area contributed by atoms with Gasteiger partial charge in [0.05, 0.1) is 33.5 Å². The highest BCUT2D eigenvalue weighted by Gasteiger charge is 2.31. The van der Waals surface area contributed by atoms with E-state index in [9.17, 15) is 26.3 Å². The first-order chi connectivity index (χ1) is 24.5. The van der Waals surface area contributed by atoms with Crippen LogP contribution in [-0.4, -0.2) is 24.9 Å². The van der Waals surface area contributed by atoms with Crippen LogP contribution >= 0.6 is 0 Å². The van der Waals surface area contributed by atoms with Gasteiger partial charge in [0.15, 0.2) is 46.5 Å². The van der Waals surface area contributed by atoms with Crippen molar-refractivity contribution in [1.82, 2.24) is 24.9 Å². The smallest absolute Gasteiger partial charge is 0.200 e. The third-order valence-electron chi connectivity index (χ3n) is 8.47. The summed E-state index contributed by atoms with van der Waals surface area (Å²) in [5, 5.41) is 0. The number of rotatable bonds is 3. The molecular formula is C36H15F10N5. The number of nitrogens with one attached hydrogen (secondary N) is 3. The summed E-state index contributed by atoms with van der Waals surface area (Å²) in [4.78, 5) is 17.2. The van der Waals surface area contributed by atoms with E-state index in [-0.39, 0.29) is 50.1 Å². The molecule has 0 unspecified atom stereocenters. The van der Waals surface area contributed by atoms with Crippen LogP contribution in [0.15, 0.2) is 60.9 Å². The van der Waals surface area contributed by atoms with Crippen LogP contribution in [0.25, 0.3) is 78.6 Å². The lowest BCUT2D eigenvalue weighted by Gasteiger charge is -2.10. The maximum absolute atomic E-state index is 15.4. The molecule has 2 aromatic carbocycles. The predicted molar refractivity (Wildman–Crippen MR) is 169 cm³/mol. The monoisotopic (exact) mass is 707 g/mol. The van der Waals surface area contributed by atoms with Gasteiger partial charge in [-0.1, -0.05) is 0 Å². The Hall–Kier alpha value is -6.38. The van der Waals surface area contributed by atoms with E-state index in [2.05, 4.69) is 24.9 Å². The van der Waals surface area contributed by atoms with E-state index in [1.54, 1.807) is 12.1 Å². The first-order valence-electron chi connectivity index (χ1n) is 14.7. The molecular weight excluding hydrogens is 692 g/mol. The zero-order valence-electron chi connectivity index (χ0n) is 25.1. The van der Waals surface area contributed by atoms with E-state index in [0.717, 1.165) is 0 Å². The molecule has 51 heavy (non-hydrogen) atoms. The highest BCUT2D eigenvalue weighted by atomic mass is 19.2. The fraction of sp³-hybridized carbons (Fsp3) is 0. The number of halogens is 10. The second-order valence-electron chi connectivity index (χ2n) is 11.3. The van der Waals surface area contributed by atoms with Crippen LogP contribution in [0.2, 0.25) is 0 Å². The SMILES string of the molecule is Fc1c(F)c(F)c(-c2c3nc(c(-c4ccncc4)c4ccc([nH]4)c(-c4c(F)c(F)c(F)c(F)c4F)c4ccc([nH]4)c4ccc2[nH]4)C=C3)c(F)c1F. The molecule has 8 rings (SSSR count). The molecule has 3 N–H and O–H groups in total. The Morgan fingerprint density at radius 1 is 0.333 bits per heavy atom. The Balaban J connectivity index is 1.60. The van der Waals surface area contributed by atoms with Gasteiger partial charge in [-0.05, 0) is 66.2 Å². The predicted octanol–water partition coefficient (Wildman–Crippen LogP) is 10.5. The van der Waals surface area contributed by atoms with Gasteiger partial charge in [0.25, 0.3) is 0 Å². The number of pyridine rings is 1. The summed E-state index contributed by atoms with van der Waals surface area (Å²) in [6.45, 7) is 0. The highest BCUT2D eigenvalue weighted by Crippen LogP contribution is 2.40. The van der Waals surface area contributed by atoms with Gasteiger partial charge in [-0.25, -0.2) is 48.9 Å². The Kier molecular flexibility index (Phi) is 7.25. The lowest BCUT2D eigenvalue weighted by molar-refractivity contribution is 0.381. The van der Waals surface area contributed by atoms with Crippen molar-refractivity contribution in [1.29, 1.82) is 0 Å². The van der Waals surface area contributed by atoms with Crippen LogP contribution in [-0.2, 0) is 0 Å². The van der Waals surface area contributed by atoms with Crippen LogP contribution in [0.1, 0.15) is 11.4 Å². The van der Waals surface area contributed by atoms with Crippen LogP contribution in [0.3, 0.4) is 0 Å². The van der Waals surface area contributed by atoms with Gasteiger partial charge in [0, 0.05) is 51.2 Å². The van der Waals surface area contributed by atoms with E-state index < -0.39 is 80.4 Å². The number of hydrogen-bond acceptors (Lipinski definition) is 2. The molecule has 8 bridgehead atoms. The van der Waals surface area contributed by atoms with Crippen molar-refractivity contribution in [2.75, 3.05) is 0 Å². The first kappa shape index (κ1) is 31.9. The summed E-state index contributed by atoms with van der Waals surface area (Å²) >= 11 is 0. The molecule has 254 valence electrons. The van der Waals surface area contributed by atoms with Gasteiger partial charge in [-0.3, -0.25) is 4.98 Å². The summed E-state index contributed by atoms with van der Waals surface area (Å²) in [6.07, 6.45) is 5.54. The topological polar surface area (TPSA) is 73.2 Å². The average Bonchev–Trinajstić information content (AvgIpc) is 3.97. The van der Waals surface area contributed by atoms with Crippen molar-refractivity contribution in [3.8, 4) is 33.4 Å². The summed E-state index contributed by atoms with van der Waals surface area (Å²) in [7, 11) is 0. The van der Waals surface area contributed by atoms with Crippen LogP contribution in [0, 0.1) is 58.2 Å². The average molecular weight is 708 g/mol. The fourth-order valence-corrected chi connectivity index (χ4v) is 6.15. The van der Waals surface area contributed by atoms with E-state index >= 15 is 17.6 Å². The Labute approximate surface area is 277 Å². The largest absolute Gasteiger partial charge is 0.354 e. The summed E-state index contributed by atoms with van der Waals surface area (Å²) < 4.78 is 148. The van der Waals surface area contributed by atoms with E-state index in [1.165, 1.54) is 60.9 Å². The molecule has 0 radical (unpaired) electrons. The molecule has 0 aliphatic carbocycles. The molecule has 0 saturated carbocycles. The molecule has 0 fully saturated rings. The third-order valence-corrected chi connectivity index (χ3v) is 8.47. The first-order valence-corrected chi connectivity index (χ1v) is 14.7. The third kappa shape index (κ3) is 4.79. The van der Waals surface area contributed by atoms with Gasteiger partial charge >= 0.3 is 0 Å². The highest BCUT2D eigenvalue weighted by molar-refractivity contribution is 6.00. The normalized spacial score (nSPS) is 12.0. The molecule has 0 atom stereocenters. The van der Waals surface area contributed by atoms with Gasteiger partial charge in [-0.15, -0.1) is 0 Å². The van der Waals surface area contributed by atoms with E-state index in [1.807, 2.05) is 0 Å². The zero-order valence-corrected chi connectivity index (χ0v) is 25.1. The Morgan fingerprint density at radius 2 is 0.667 bits per heavy atom. The molecule has 15 heteroatoms. The summed E-state index contributed by atoms with van der Waals surface area (Å²) in [6, 6.07) is 11.2. The second-order valence-corrected chi connectivity index (χ2v) is 11.3. The maximum atomic E-state index is 15.4. The van der Waals surface area contributed by atoms with Crippen LogP contribution in [0.5, 0.6) is 0 Å². The van der Waals surface area contributed by atoms with Crippen molar-refractivity contribution < 1.29 is 43.9 Å². The number of H-pyrrole nitrogens is 3. The molecule has 6 heterocycles. The number of fused-ring (bicyclic) bond motifs is 9. The number of aromatic nitrogens is 5. The molecule has 7 aromatic rings. The lowest BCUT2D eigenvalue weighted by atomic mass is 10.0. The van der Waals surface area contributed by atoms with Crippen molar-refractivity contribution >= 4 is 45.3 Å². The second kappa shape index (κ2) is 11.6. The van der Waals surface area contributed by atoms with Gasteiger partial charge in [-0.2, -0.15) is 0 Å². The van der Waals surface area contributed by atoms with Crippen molar-refractivity contribution in [3.63, 3.8) is 0 Å². The van der Waals surface area contributed by atoms with E-state index in [4.69, 9.17) is 0 Å². The lowest BCUT2D eigenvalue weighted by Crippen LogP contribution is -2.05. The van der Waals surface area contributed by atoms with Gasteiger partial charge in [0.2, 0.25) is 11.6 Å². The molecule has 0 spiro atoms. The minimum Gasteiger partial charge on any atom is -0.354 e. The Morgan fingerprint density at radius 3 is 1.14 bits per heavy atom. The van der Waals surface area contributed by atoms with Gasteiger partial charge < -0.3 is 15.0 Å². The summed E-state index contributed by atoms with van der Waals surface area (Å²) in [5.74, 6) is -21.8. The van der Waals surface area contributed by atoms with Crippen LogP contribution < -0.4 is 0 Å². The molecule has 0 saturated heterocycles. The molecule has 5 nitrogen and oxygen atoms in total. The minimum absolute atomic E-state index is 0.0898. The quantitative estimate of drug-likeness (QED) is 0.0972. The maximum Gasteiger partial charge on any atom is 0.200 e. The number of nitrogens with zero attached hydrogens (tertiary/aromatic N) is 2. The van der Waals surface area contributed by atoms with Crippen LogP contribution in [0.4, 0.5) is 43.9 Å². The molecule has 0 amide bonds. The van der Waals surface area contributed by atoms with Crippen molar-refractivity contribution in [2.45, 2.75) is 0 Å². The molecule has 1 aliphatic heterocycles. The fourth-order valence-electron chi connectivity index (χ4n) is 6.15. The van der Waals surface area contributed by atoms with E-state index in [0.29, 0.717) is 5.56 Å². The van der Waals surface area contributed by atoms with Crippen molar-refractivity contribution in [3.05, 3.63) is 130 Å².